The van der Waals surface area contributed by atoms with Crippen LogP contribution in [0.4, 0.5) is 0 Å². The molecule has 0 fully saturated rings. The molecule has 0 heteroatoms. The molecule has 0 saturated carbocycles. The fourth-order valence-corrected chi connectivity index (χ4v) is 6.05. The minimum atomic E-state index is 0.905. The smallest absolute Gasteiger partial charge is 0.00576 e. The molecule has 0 spiro atoms. The van der Waals surface area contributed by atoms with Gasteiger partial charge < -0.3 is 0 Å². The lowest BCUT2D eigenvalue weighted by Gasteiger charge is -2.21. The third kappa shape index (κ3) is 5.23. The normalized spacial score (nSPS) is 12.2. The molecule has 0 aromatic heterocycles. The summed E-state index contributed by atoms with van der Waals surface area (Å²) >= 11 is 0. The van der Waals surface area contributed by atoms with Crippen molar-refractivity contribution >= 4 is 33.7 Å². The van der Waals surface area contributed by atoms with Crippen LogP contribution >= 0.6 is 0 Å². The van der Waals surface area contributed by atoms with E-state index in [0.29, 0.717) is 0 Å². The van der Waals surface area contributed by atoms with Crippen LogP contribution in [-0.4, -0.2) is 0 Å². The van der Waals surface area contributed by atoms with Gasteiger partial charge in [0.15, 0.2) is 0 Å². The van der Waals surface area contributed by atoms with E-state index in [1.54, 1.807) is 0 Å². The summed E-state index contributed by atoms with van der Waals surface area (Å²) in [6.07, 6.45) is 14.8. The van der Waals surface area contributed by atoms with Crippen LogP contribution in [-0.2, 0) is 12.8 Å². The van der Waals surface area contributed by atoms with Gasteiger partial charge in [-0.1, -0.05) is 122 Å². The largest absolute Gasteiger partial charge is 0.0991 e. The van der Waals surface area contributed by atoms with Crippen molar-refractivity contribution in [1.82, 2.24) is 0 Å². The Morgan fingerprint density at radius 2 is 1.38 bits per heavy atom. The van der Waals surface area contributed by atoms with Crippen LogP contribution in [0.2, 0.25) is 0 Å². The van der Waals surface area contributed by atoms with Crippen molar-refractivity contribution in [3.63, 3.8) is 0 Å². The summed E-state index contributed by atoms with van der Waals surface area (Å²) in [4.78, 5) is 0. The van der Waals surface area contributed by atoms with Crippen LogP contribution in [0.25, 0.3) is 56.0 Å². The van der Waals surface area contributed by atoms with Crippen LogP contribution in [0.15, 0.2) is 121 Å². The Balaban J connectivity index is 1.78. The van der Waals surface area contributed by atoms with Gasteiger partial charge >= 0.3 is 0 Å². The summed E-state index contributed by atoms with van der Waals surface area (Å²) in [5.41, 5.74) is 11.8. The molecule has 5 aromatic rings. The van der Waals surface area contributed by atoms with Crippen molar-refractivity contribution in [1.29, 1.82) is 0 Å². The van der Waals surface area contributed by atoms with E-state index in [2.05, 4.69) is 150 Å². The van der Waals surface area contributed by atoms with Gasteiger partial charge in [-0.2, -0.15) is 0 Å². The number of benzene rings is 5. The maximum atomic E-state index is 3.93. The van der Waals surface area contributed by atoms with Gasteiger partial charge in [0.1, 0.15) is 0 Å². The van der Waals surface area contributed by atoms with Crippen LogP contribution in [0.3, 0.4) is 0 Å². The molecule has 198 valence electrons. The highest BCUT2D eigenvalue weighted by Crippen LogP contribution is 2.39. The molecule has 5 rings (SSSR count). The fourth-order valence-electron chi connectivity index (χ4n) is 6.05. The van der Waals surface area contributed by atoms with E-state index in [9.17, 15) is 0 Å². The molecule has 0 bridgehead atoms. The maximum Gasteiger partial charge on any atom is -0.00576 e. The van der Waals surface area contributed by atoms with Gasteiger partial charge in [-0.05, 0) is 118 Å². The van der Waals surface area contributed by atoms with Crippen molar-refractivity contribution in [2.75, 3.05) is 0 Å². The van der Waals surface area contributed by atoms with Gasteiger partial charge in [-0.15, -0.1) is 0 Å². The standard InChI is InChI=1S/C40H38/c1-6-15-28(5)24-40-33(9-4)29(16-7-2)26-38(35(40)17-8-3)30-19-14-20-31(25-30)39-27-32-18-10-11-21-34(32)36-22-12-13-23-37(36)39/h6-8,10-23,25-27H,1,9,24H2,2-5H3/b16-7-,17-8-,28-15+. The molecule has 0 nitrogen and oxygen atoms in total. The van der Waals surface area contributed by atoms with Crippen LogP contribution < -0.4 is 0 Å². The molecule has 0 aliphatic rings. The molecular weight excluding hydrogens is 480 g/mol. The summed E-state index contributed by atoms with van der Waals surface area (Å²) in [7, 11) is 0. The Kier molecular flexibility index (Phi) is 8.27. The average molecular weight is 519 g/mol. The van der Waals surface area contributed by atoms with Crippen LogP contribution in [0.1, 0.15) is 49.9 Å². The second-order valence-corrected chi connectivity index (χ2v) is 10.4. The van der Waals surface area contributed by atoms with Gasteiger partial charge in [0.2, 0.25) is 0 Å². The quantitative estimate of drug-likeness (QED) is 0.141. The SMILES string of the molecule is C=C/C=C(\C)Cc1c(/C=C\C)c(-c2cccc(-c3cc4ccccc4c4ccccc34)c2)cc(/C=C\C)c1CC. The van der Waals surface area contributed by atoms with Gasteiger partial charge in [0.05, 0.1) is 0 Å². The molecule has 0 unspecified atom stereocenters. The van der Waals surface area contributed by atoms with Crippen molar-refractivity contribution < 1.29 is 0 Å². The van der Waals surface area contributed by atoms with E-state index in [4.69, 9.17) is 0 Å². The molecule has 40 heavy (non-hydrogen) atoms. The highest BCUT2D eigenvalue weighted by molar-refractivity contribution is 6.13. The second-order valence-electron chi connectivity index (χ2n) is 10.4. The molecule has 0 heterocycles. The third-order valence-electron chi connectivity index (χ3n) is 7.77. The Morgan fingerprint density at radius 3 is 2.08 bits per heavy atom. The molecule has 5 aromatic carbocycles. The summed E-state index contributed by atoms with van der Waals surface area (Å²) < 4.78 is 0. The molecule has 0 atom stereocenters. The summed E-state index contributed by atoms with van der Waals surface area (Å²) in [6, 6.07) is 31.3. The minimum absolute atomic E-state index is 0.905. The zero-order valence-corrected chi connectivity index (χ0v) is 24.2. The summed E-state index contributed by atoms with van der Waals surface area (Å²) in [5, 5.41) is 5.15. The average Bonchev–Trinajstić information content (AvgIpc) is 2.98. The van der Waals surface area contributed by atoms with E-state index in [1.165, 1.54) is 71.6 Å². The molecule has 0 amide bonds. The Morgan fingerprint density at radius 1 is 0.700 bits per heavy atom. The highest BCUT2D eigenvalue weighted by Gasteiger charge is 2.17. The van der Waals surface area contributed by atoms with Crippen LogP contribution in [0.5, 0.6) is 0 Å². The Bertz CT molecular complexity index is 1790. The van der Waals surface area contributed by atoms with Gasteiger partial charge in [0, 0.05) is 0 Å². The Labute approximate surface area is 239 Å². The lowest BCUT2D eigenvalue weighted by atomic mass is 9.83. The first-order valence-corrected chi connectivity index (χ1v) is 14.3. The second kappa shape index (κ2) is 12.2. The van der Waals surface area contributed by atoms with Crippen molar-refractivity contribution in [3.8, 4) is 22.3 Å². The highest BCUT2D eigenvalue weighted by atomic mass is 14.2. The predicted molar refractivity (Wildman–Crippen MR) is 179 cm³/mol. The number of rotatable bonds is 8. The minimum Gasteiger partial charge on any atom is -0.0991 e. The maximum absolute atomic E-state index is 3.93. The third-order valence-corrected chi connectivity index (χ3v) is 7.77. The number of hydrogen-bond donors (Lipinski definition) is 0. The number of fused-ring (bicyclic) bond motifs is 3. The zero-order chi connectivity index (χ0) is 28.1. The first kappa shape index (κ1) is 27.2. The van der Waals surface area contributed by atoms with E-state index in [0.717, 1.165) is 12.8 Å². The van der Waals surface area contributed by atoms with E-state index < -0.39 is 0 Å². The van der Waals surface area contributed by atoms with Crippen molar-refractivity contribution in [3.05, 3.63) is 144 Å². The molecule has 0 aliphatic carbocycles. The van der Waals surface area contributed by atoms with Gasteiger partial charge in [-0.3, -0.25) is 0 Å². The molecular formula is C40H38. The number of allylic oxidation sites excluding steroid dienone is 5. The van der Waals surface area contributed by atoms with Crippen LogP contribution in [0, 0.1) is 0 Å². The van der Waals surface area contributed by atoms with Gasteiger partial charge in [-0.25, -0.2) is 0 Å². The molecule has 0 N–H and O–H groups in total. The van der Waals surface area contributed by atoms with E-state index in [-0.39, 0.29) is 0 Å². The van der Waals surface area contributed by atoms with Gasteiger partial charge in [0.25, 0.3) is 0 Å². The van der Waals surface area contributed by atoms with Crippen molar-refractivity contribution in [2.45, 2.75) is 40.5 Å². The van der Waals surface area contributed by atoms with E-state index in [1.807, 2.05) is 6.08 Å². The number of hydrogen-bond acceptors (Lipinski definition) is 0. The predicted octanol–water partition coefficient (Wildman–Crippen LogP) is 11.6. The van der Waals surface area contributed by atoms with Crippen molar-refractivity contribution in [2.24, 2.45) is 0 Å². The first-order valence-electron chi connectivity index (χ1n) is 14.3. The molecule has 0 saturated heterocycles. The topological polar surface area (TPSA) is 0 Å². The van der Waals surface area contributed by atoms with E-state index >= 15 is 0 Å². The lowest BCUT2D eigenvalue weighted by Crippen LogP contribution is -2.03. The first-order chi connectivity index (χ1) is 19.6. The molecule has 0 radical (unpaired) electrons. The Hall–Kier alpha value is -4.42. The summed E-state index contributed by atoms with van der Waals surface area (Å²) in [5.74, 6) is 0. The lowest BCUT2D eigenvalue weighted by molar-refractivity contribution is 1.04. The zero-order valence-electron chi connectivity index (χ0n) is 24.2. The molecule has 0 aliphatic heterocycles. The fraction of sp³-hybridized carbons (Fsp3) is 0.150. The summed E-state index contributed by atoms with van der Waals surface area (Å²) in [6.45, 7) is 12.6. The monoisotopic (exact) mass is 518 g/mol.